The van der Waals surface area contributed by atoms with E-state index < -0.39 is 0 Å². The van der Waals surface area contributed by atoms with E-state index in [2.05, 4.69) is 35.3 Å². The third-order valence-electron chi connectivity index (χ3n) is 3.28. The number of hydrogen-bond donors (Lipinski definition) is 0. The van der Waals surface area contributed by atoms with Gasteiger partial charge in [-0.1, -0.05) is 36.4 Å². The summed E-state index contributed by atoms with van der Waals surface area (Å²) in [6.07, 6.45) is 7.10. The van der Waals surface area contributed by atoms with Gasteiger partial charge in [-0.15, -0.1) is 0 Å². The molecular weight excluding hydrogens is 222 g/mol. The molecule has 18 heavy (non-hydrogen) atoms. The van der Waals surface area contributed by atoms with Crippen LogP contribution in [0, 0.1) is 0 Å². The van der Waals surface area contributed by atoms with Crippen molar-refractivity contribution in [3.63, 3.8) is 0 Å². The molecule has 0 bridgehead atoms. The molecule has 0 radical (unpaired) electrons. The molecule has 2 nitrogen and oxygen atoms in total. The van der Waals surface area contributed by atoms with E-state index in [0.717, 1.165) is 34.7 Å². The topological polar surface area (TPSA) is 21.6 Å². The van der Waals surface area contributed by atoms with Crippen molar-refractivity contribution >= 4 is 22.2 Å². The Morgan fingerprint density at radius 3 is 3.00 bits per heavy atom. The third-order valence-corrected chi connectivity index (χ3v) is 3.28. The first-order valence-electron chi connectivity index (χ1n) is 6.07. The number of ether oxygens (including phenoxy) is 1. The van der Waals surface area contributed by atoms with Crippen molar-refractivity contribution in [3.8, 4) is 5.75 Å². The average molecular weight is 233 g/mol. The van der Waals surface area contributed by atoms with E-state index in [-0.39, 0.29) is 0 Å². The molecule has 1 heterocycles. The van der Waals surface area contributed by atoms with Gasteiger partial charge in [0, 0.05) is 5.39 Å². The summed E-state index contributed by atoms with van der Waals surface area (Å²) < 4.78 is 6.03. The lowest BCUT2D eigenvalue weighted by Crippen LogP contribution is -2.12. The quantitative estimate of drug-likeness (QED) is 0.669. The van der Waals surface area contributed by atoms with Gasteiger partial charge in [0.2, 0.25) is 0 Å². The van der Waals surface area contributed by atoms with Crippen molar-refractivity contribution in [3.05, 3.63) is 60.4 Å². The van der Waals surface area contributed by atoms with Crippen molar-refractivity contribution < 1.29 is 4.74 Å². The molecule has 0 atom stereocenters. The molecular formula is C16H11NO. The van der Waals surface area contributed by atoms with E-state index in [1.165, 1.54) is 5.39 Å². The average Bonchev–Trinajstić information content (AvgIpc) is 2.45. The molecule has 2 aliphatic rings. The maximum Gasteiger partial charge on any atom is 0.160 e. The Morgan fingerprint density at radius 1 is 1.06 bits per heavy atom. The van der Waals surface area contributed by atoms with Crippen LogP contribution >= 0.6 is 0 Å². The summed E-state index contributed by atoms with van der Waals surface area (Å²) in [5.74, 6) is 1.75. The highest BCUT2D eigenvalue weighted by atomic mass is 16.5. The first-order chi connectivity index (χ1) is 8.92. The normalized spacial score (nSPS) is 16.4. The second kappa shape index (κ2) is 3.57. The molecule has 2 aromatic rings. The van der Waals surface area contributed by atoms with Gasteiger partial charge in [0.1, 0.15) is 17.2 Å². The minimum Gasteiger partial charge on any atom is -0.452 e. The van der Waals surface area contributed by atoms with Crippen LogP contribution in [0.5, 0.6) is 5.75 Å². The maximum atomic E-state index is 6.03. The van der Waals surface area contributed by atoms with Crippen molar-refractivity contribution in [1.29, 1.82) is 0 Å². The van der Waals surface area contributed by atoms with Crippen LogP contribution in [-0.4, -0.2) is 5.71 Å². The van der Waals surface area contributed by atoms with E-state index in [9.17, 15) is 0 Å². The number of fused-ring (bicyclic) bond motifs is 4. The van der Waals surface area contributed by atoms with Crippen LogP contribution in [0.2, 0.25) is 0 Å². The summed E-state index contributed by atoms with van der Waals surface area (Å²) >= 11 is 0. The number of benzene rings is 2. The van der Waals surface area contributed by atoms with E-state index in [1.807, 2.05) is 24.3 Å². The Bertz CT molecular complexity index is 738. The van der Waals surface area contributed by atoms with Gasteiger partial charge in [0.15, 0.2) is 5.75 Å². The van der Waals surface area contributed by atoms with E-state index in [0.29, 0.717) is 0 Å². The van der Waals surface area contributed by atoms with Gasteiger partial charge in [-0.2, -0.15) is 0 Å². The highest BCUT2D eigenvalue weighted by molar-refractivity contribution is 6.12. The Kier molecular flexibility index (Phi) is 1.92. The molecule has 0 saturated heterocycles. The number of aliphatic imine (C=N–C) groups is 1. The predicted octanol–water partition coefficient (Wildman–Crippen LogP) is 4.15. The molecule has 1 aliphatic carbocycles. The molecule has 2 aromatic carbocycles. The van der Waals surface area contributed by atoms with E-state index >= 15 is 0 Å². The van der Waals surface area contributed by atoms with Crippen LogP contribution in [0.25, 0.3) is 10.8 Å². The molecule has 0 N–H and O–H groups in total. The van der Waals surface area contributed by atoms with Crippen LogP contribution < -0.4 is 4.74 Å². The molecule has 0 aromatic heterocycles. The van der Waals surface area contributed by atoms with Crippen LogP contribution in [-0.2, 0) is 0 Å². The largest absolute Gasteiger partial charge is 0.452 e. The SMILES string of the molecule is C1=CC2=Nc3ccc4ccccc4c3OC2=CC1. The highest BCUT2D eigenvalue weighted by Crippen LogP contribution is 2.40. The van der Waals surface area contributed by atoms with Gasteiger partial charge in [-0.3, -0.25) is 0 Å². The Hall–Kier alpha value is -2.35. The van der Waals surface area contributed by atoms with E-state index in [1.54, 1.807) is 0 Å². The fraction of sp³-hybridized carbons (Fsp3) is 0.0625. The lowest BCUT2D eigenvalue weighted by atomic mass is 10.1. The summed E-state index contributed by atoms with van der Waals surface area (Å²) in [6.45, 7) is 0. The summed E-state index contributed by atoms with van der Waals surface area (Å²) in [7, 11) is 0. The number of nitrogens with zero attached hydrogens (tertiary/aromatic N) is 1. The number of allylic oxidation sites excluding steroid dienone is 3. The van der Waals surface area contributed by atoms with Crippen LogP contribution in [0.4, 0.5) is 5.69 Å². The summed E-state index contributed by atoms with van der Waals surface area (Å²) in [6, 6.07) is 12.3. The minimum absolute atomic E-state index is 0.874. The minimum atomic E-state index is 0.874. The van der Waals surface area contributed by atoms with Crippen LogP contribution in [0.1, 0.15) is 6.42 Å². The van der Waals surface area contributed by atoms with Crippen molar-refractivity contribution in [2.75, 3.05) is 0 Å². The van der Waals surface area contributed by atoms with Crippen molar-refractivity contribution in [1.82, 2.24) is 0 Å². The fourth-order valence-corrected chi connectivity index (χ4v) is 2.39. The fourth-order valence-electron chi connectivity index (χ4n) is 2.39. The maximum absolute atomic E-state index is 6.03. The molecule has 1 aliphatic heterocycles. The molecule has 4 rings (SSSR count). The molecule has 86 valence electrons. The van der Waals surface area contributed by atoms with Gasteiger partial charge in [0.05, 0.1) is 0 Å². The second-order valence-electron chi connectivity index (χ2n) is 4.44. The predicted molar refractivity (Wildman–Crippen MR) is 73.5 cm³/mol. The van der Waals surface area contributed by atoms with Gasteiger partial charge >= 0.3 is 0 Å². The first-order valence-corrected chi connectivity index (χ1v) is 6.07. The van der Waals surface area contributed by atoms with Crippen molar-refractivity contribution in [2.24, 2.45) is 4.99 Å². The van der Waals surface area contributed by atoms with Gasteiger partial charge in [-0.05, 0) is 30.0 Å². The highest BCUT2D eigenvalue weighted by Gasteiger charge is 2.20. The van der Waals surface area contributed by atoms with Crippen molar-refractivity contribution in [2.45, 2.75) is 6.42 Å². The molecule has 2 heteroatoms. The van der Waals surface area contributed by atoms with Crippen LogP contribution in [0.3, 0.4) is 0 Å². The number of rotatable bonds is 0. The number of hydrogen-bond acceptors (Lipinski definition) is 2. The van der Waals surface area contributed by atoms with Gasteiger partial charge in [0.25, 0.3) is 0 Å². The van der Waals surface area contributed by atoms with Gasteiger partial charge < -0.3 is 4.74 Å². The Balaban J connectivity index is 2.02. The second-order valence-corrected chi connectivity index (χ2v) is 4.44. The van der Waals surface area contributed by atoms with Gasteiger partial charge in [-0.25, -0.2) is 4.99 Å². The monoisotopic (exact) mass is 233 g/mol. The molecule has 0 unspecified atom stereocenters. The zero-order valence-corrected chi connectivity index (χ0v) is 9.76. The molecule has 0 amide bonds. The van der Waals surface area contributed by atoms with Crippen LogP contribution in [0.15, 0.2) is 65.4 Å². The summed E-state index contributed by atoms with van der Waals surface area (Å²) in [4.78, 5) is 4.65. The zero-order chi connectivity index (χ0) is 11.9. The standard InChI is InChI=1S/C16H11NO/c1-2-6-12-11(5-1)9-10-14-16(12)18-15-8-4-3-7-13(15)17-14/h1-3,5-10H,4H2. The first kappa shape index (κ1) is 9.66. The van der Waals surface area contributed by atoms with E-state index in [4.69, 9.17) is 4.74 Å². The summed E-state index contributed by atoms with van der Waals surface area (Å²) in [5.41, 5.74) is 1.83. The third kappa shape index (κ3) is 1.32. The smallest absolute Gasteiger partial charge is 0.160 e. The lowest BCUT2D eigenvalue weighted by Gasteiger charge is -2.21. The summed E-state index contributed by atoms with van der Waals surface area (Å²) in [5, 5.41) is 2.30. The lowest BCUT2D eigenvalue weighted by molar-refractivity contribution is 0.453. The molecule has 0 saturated carbocycles. The Labute approximate surface area is 105 Å². The Morgan fingerprint density at radius 2 is 2.00 bits per heavy atom. The molecule has 0 fully saturated rings. The zero-order valence-electron chi connectivity index (χ0n) is 9.76. The molecule has 0 spiro atoms.